The maximum atomic E-state index is 11.3. The number of nitrogens with two attached hydrogens (primary N) is 1. The lowest BCUT2D eigenvalue weighted by Crippen LogP contribution is -2.22. The molecule has 1 unspecified atom stereocenters. The van der Waals surface area contributed by atoms with E-state index >= 15 is 0 Å². The Labute approximate surface area is 151 Å². The van der Waals surface area contributed by atoms with Gasteiger partial charge in [-0.2, -0.15) is 5.10 Å². The molecule has 0 spiro atoms. The number of H-pyrrole nitrogens is 1. The van der Waals surface area contributed by atoms with Crippen LogP contribution in [0.15, 0.2) is 65.8 Å². The Morgan fingerprint density at radius 2 is 1.88 bits per heavy atom. The maximum absolute atomic E-state index is 11.3. The van der Waals surface area contributed by atoms with Gasteiger partial charge < -0.3 is 5.32 Å². The third-order valence-electron chi connectivity index (χ3n) is 3.83. The maximum Gasteiger partial charge on any atom is 0.238 e. The zero-order valence-electron chi connectivity index (χ0n) is 13.2. The van der Waals surface area contributed by atoms with Gasteiger partial charge in [0, 0.05) is 23.3 Å². The lowest BCUT2D eigenvalue weighted by atomic mass is 10.0. The number of hydrogen-bond acceptors (Lipinski definition) is 4. The van der Waals surface area contributed by atoms with Gasteiger partial charge in [-0.05, 0) is 29.3 Å². The highest BCUT2D eigenvalue weighted by atomic mass is 35.5. The van der Waals surface area contributed by atoms with E-state index < -0.39 is 10.0 Å². The van der Waals surface area contributed by atoms with Gasteiger partial charge in [-0.1, -0.05) is 41.9 Å². The van der Waals surface area contributed by atoms with Gasteiger partial charge in [-0.25, -0.2) is 13.6 Å². The summed E-state index contributed by atoms with van der Waals surface area (Å²) in [5.74, 6) is 0. The van der Waals surface area contributed by atoms with E-state index in [1.807, 2.05) is 30.5 Å². The minimum Gasteiger partial charge on any atom is -0.302 e. The summed E-state index contributed by atoms with van der Waals surface area (Å²) < 4.78 is 22.7. The Bertz CT molecular complexity index is 941. The Kier molecular flexibility index (Phi) is 5.19. The first kappa shape index (κ1) is 17.6. The molecule has 1 atom stereocenters. The first-order valence-corrected chi connectivity index (χ1v) is 9.46. The fourth-order valence-electron chi connectivity index (χ4n) is 2.55. The summed E-state index contributed by atoms with van der Waals surface area (Å²) in [6.07, 6.45) is 3.55. The minimum absolute atomic E-state index is 0.0914. The molecule has 4 N–H and O–H groups in total. The van der Waals surface area contributed by atoms with Crippen molar-refractivity contribution in [1.29, 1.82) is 0 Å². The molecule has 3 rings (SSSR count). The van der Waals surface area contributed by atoms with E-state index in [1.54, 1.807) is 18.3 Å². The average molecular weight is 377 g/mol. The Balaban J connectivity index is 1.81. The fourth-order valence-corrected chi connectivity index (χ4v) is 3.31. The summed E-state index contributed by atoms with van der Waals surface area (Å²) in [6, 6.07) is 13.9. The van der Waals surface area contributed by atoms with Crippen LogP contribution in [0.5, 0.6) is 0 Å². The summed E-state index contributed by atoms with van der Waals surface area (Å²) in [7, 11) is -3.69. The molecular formula is C17H17ClN4O2S. The van der Waals surface area contributed by atoms with E-state index in [-0.39, 0.29) is 10.9 Å². The van der Waals surface area contributed by atoms with Crippen molar-refractivity contribution in [3.8, 4) is 0 Å². The summed E-state index contributed by atoms with van der Waals surface area (Å²) in [4.78, 5) is 0.0914. The van der Waals surface area contributed by atoms with Crippen molar-refractivity contribution in [3.63, 3.8) is 0 Å². The first-order chi connectivity index (χ1) is 11.9. The van der Waals surface area contributed by atoms with Gasteiger partial charge in [0.15, 0.2) is 0 Å². The van der Waals surface area contributed by atoms with Crippen LogP contribution in [0.4, 0.5) is 0 Å². The van der Waals surface area contributed by atoms with Crippen molar-refractivity contribution in [3.05, 3.63) is 82.6 Å². The SMILES string of the molecule is NS(=O)(=O)c1ccc(CNC(c2cn[nH]c2)c2ccccc2Cl)cc1. The summed E-state index contributed by atoms with van der Waals surface area (Å²) in [5, 5.41) is 16.0. The highest BCUT2D eigenvalue weighted by Gasteiger charge is 2.17. The number of nitrogens with one attached hydrogen (secondary N) is 2. The van der Waals surface area contributed by atoms with Gasteiger partial charge in [-0.15, -0.1) is 0 Å². The van der Waals surface area contributed by atoms with Gasteiger partial charge in [-0.3, -0.25) is 5.10 Å². The number of sulfonamides is 1. The largest absolute Gasteiger partial charge is 0.302 e. The van der Waals surface area contributed by atoms with Crippen LogP contribution in [0, 0.1) is 0 Å². The molecule has 0 bridgehead atoms. The van der Waals surface area contributed by atoms with Crippen LogP contribution < -0.4 is 10.5 Å². The second kappa shape index (κ2) is 7.37. The quantitative estimate of drug-likeness (QED) is 0.615. The molecule has 1 aromatic heterocycles. The lowest BCUT2D eigenvalue weighted by Gasteiger charge is -2.19. The van der Waals surface area contributed by atoms with Crippen molar-refractivity contribution in [2.75, 3.05) is 0 Å². The highest BCUT2D eigenvalue weighted by molar-refractivity contribution is 7.89. The molecule has 0 saturated carbocycles. The van der Waals surface area contributed by atoms with Crippen molar-refractivity contribution in [2.45, 2.75) is 17.5 Å². The summed E-state index contributed by atoms with van der Waals surface area (Å²) in [6.45, 7) is 0.520. The smallest absolute Gasteiger partial charge is 0.238 e. The number of primary sulfonamides is 1. The molecule has 0 aliphatic carbocycles. The number of aromatic amines is 1. The molecule has 0 aliphatic heterocycles. The monoisotopic (exact) mass is 376 g/mol. The molecule has 2 aromatic carbocycles. The molecule has 0 radical (unpaired) electrons. The second-order valence-electron chi connectivity index (χ2n) is 5.56. The number of nitrogens with zero attached hydrogens (tertiary/aromatic N) is 1. The van der Waals surface area contributed by atoms with Crippen LogP contribution in [-0.2, 0) is 16.6 Å². The topological polar surface area (TPSA) is 101 Å². The van der Waals surface area contributed by atoms with E-state index in [1.165, 1.54) is 12.1 Å². The molecule has 0 aliphatic rings. The Hall–Kier alpha value is -2.19. The van der Waals surface area contributed by atoms with Gasteiger partial charge in [0.2, 0.25) is 10.0 Å². The Morgan fingerprint density at radius 1 is 1.16 bits per heavy atom. The van der Waals surface area contributed by atoms with E-state index in [2.05, 4.69) is 15.5 Å². The second-order valence-corrected chi connectivity index (χ2v) is 7.52. The molecule has 0 fully saturated rings. The van der Waals surface area contributed by atoms with Crippen LogP contribution in [-0.4, -0.2) is 18.6 Å². The van der Waals surface area contributed by atoms with Crippen molar-refractivity contribution in [1.82, 2.24) is 15.5 Å². The van der Waals surface area contributed by atoms with Crippen LogP contribution in [0.25, 0.3) is 0 Å². The van der Waals surface area contributed by atoms with Crippen LogP contribution in [0.3, 0.4) is 0 Å². The van der Waals surface area contributed by atoms with E-state index in [0.717, 1.165) is 16.7 Å². The minimum atomic E-state index is -3.69. The highest BCUT2D eigenvalue weighted by Crippen LogP contribution is 2.28. The average Bonchev–Trinajstić information content (AvgIpc) is 3.10. The summed E-state index contributed by atoms with van der Waals surface area (Å²) >= 11 is 6.34. The number of rotatable bonds is 6. The molecule has 6 nitrogen and oxygen atoms in total. The van der Waals surface area contributed by atoms with Crippen LogP contribution in [0.2, 0.25) is 5.02 Å². The molecule has 1 heterocycles. The molecule has 3 aromatic rings. The van der Waals surface area contributed by atoms with E-state index in [0.29, 0.717) is 11.6 Å². The Morgan fingerprint density at radius 3 is 2.48 bits per heavy atom. The van der Waals surface area contributed by atoms with E-state index in [9.17, 15) is 8.42 Å². The lowest BCUT2D eigenvalue weighted by molar-refractivity contribution is 0.596. The standard InChI is InChI=1S/C17H17ClN4O2S/c18-16-4-2-1-3-15(16)17(13-10-21-22-11-13)20-9-12-5-7-14(8-6-12)25(19,23)24/h1-8,10-11,17,20H,9H2,(H,21,22)(H2,19,23,24). The normalized spacial score (nSPS) is 12.9. The predicted octanol–water partition coefficient (Wildman–Crippen LogP) is 2.59. The van der Waals surface area contributed by atoms with E-state index in [4.69, 9.17) is 16.7 Å². The molecule has 25 heavy (non-hydrogen) atoms. The van der Waals surface area contributed by atoms with Crippen molar-refractivity contribution >= 4 is 21.6 Å². The fraction of sp³-hybridized carbons (Fsp3) is 0.118. The first-order valence-electron chi connectivity index (χ1n) is 7.53. The van der Waals surface area contributed by atoms with Crippen LogP contribution >= 0.6 is 11.6 Å². The van der Waals surface area contributed by atoms with Crippen LogP contribution in [0.1, 0.15) is 22.7 Å². The number of aromatic nitrogens is 2. The van der Waals surface area contributed by atoms with Crippen molar-refractivity contribution in [2.24, 2.45) is 5.14 Å². The van der Waals surface area contributed by atoms with Gasteiger partial charge in [0.1, 0.15) is 0 Å². The third-order valence-corrected chi connectivity index (χ3v) is 5.10. The van der Waals surface area contributed by atoms with Gasteiger partial charge in [0.05, 0.1) is 17.1 Å². The molecule has 0 saturated heterocycles. The third kappa shape index (κ3) is 4.26. The van der Waals surface area contributed by atoms with Gasteiger partial charge >= 0.3 is 0 Å². The number of benzene rings is 2. The predicted molar refractivity (Wildman–Crippen MR) is 96.5 cm³/mol. The zero-order valence-corrected chi connectivity index (χ0v) is 14.8. The van der Waals surface area contributed by atoms with Crippen molar-refractivity contribution < 1.29 is 8.42 Å². The molecule has 130 valence electrons. The van der Waals surface area contributed by atoms with Gasteiger partial charge in [0.25, 0.3) is 0 Å². The molecular weight excluding hydrogens is 360 g/mol. The number of hydrogen-bond donors (Lipinski definition) is 3. The zero-order chi connectivity index (χ0) is 17.9. The molecule has 8 heteroatoms. The number of halogens is 1. The summed E-state index contributed by atoms with van der Waals surface area (Å²) in [5.41, 5.74) is 2.81. The molecule has 0 amide bonds.